The highest BCUT2D eigenvalue weighted by Gasteiger charge is 2.09. The van der Waals surface area contributed by atoms with Crippen molar-refractivity contribution in [2.75, 3.05) is 12.3 Å². The Morgan fingerprint density at radius 3 is 2.85 bits per heavy atom. The fourth-order valence-electron chi connectivity index (χ4n) is 1.58. The monoisotopic (exact) mass is 291 g/mol. The second kappa shape index (κ2) is 7.69. The number of amides is 1. The quantitative estimate of drug-likeness (QED) is 0.793. The van der Waals surface area contributed by atoms with E-state index < -0.39 is 0 Å². The zero-order chi connectivity index (χ0) is 14.2. The Morgan fingerprint density at radius 2 is 2.10 bits per heavy atom. The van der Waals surface area contributed by atoms with E-state index in [4.69, 9.17) is 4.42 Å². The number of hydrogen-bond donors (Lipinski definition) is 1. The molecule has 0 atom stereocenters. The van der Waals surface area contributed by atoms with Crippen LogP contribution in [0.3, 0.4) is 0 Å². The molecule has 1 amide bonds. The summed E-state index contributed by atoms with van der Waals surface area (Å²) in [6.07, 6.45) is 1.54. The second-order valence-corrected chi connectivity index (χ2v) is 5.19. The molecule has 5 nitrogen and oxygen atoms in total. The Bertz CT molecular complexity index is 542. The first-order chi connectivity index (χ1) is 9.78. The third kappa shape index (κ3) is 4.70. The van der Waals surface area contributed by atoms with Crippen LogP contribution < -0.4 is 5.32 Å². The van der Waals surface area contributed by atoms with Crippen LogP contribution >= 0.6 is 11.8 Å². The van der Waals surface area contributed by atoms with E-state index in [0.717, 1.165) is 12.0 Å². The van der Waals surface area contributed by atoms with Gasteiger partial charge in [-0.3, -0.25) is 4.79 Å². The predicted molar refractivity (Wildman–Crippen MR) is 77.6 cm³/mol. The lowest BCUT2D eigenvalue weighted by atomic mass is 10.2. The molecule has 0 bridgehead atoms. The minimum Gasteiger partial charge on any atom is -0.416 e. The Kier molecular flexibility index (Phi) is 5.61. The number of carbonyl (C=O) groups excluding carboxylic acids is 1. The van der Waals surface area contributed by atoms with Gasteiger partial charge in [0.1, 0.15) is 0 Å². The molecule has 106 valence electrons. The van der Waals surface area contributed by atoms with Gasteiger partial charge in [0.2, 0.25) is 11.8 Å². The van der Waals surface area contributed by atoms with Gasteiger partial charge in [0.25, 0.3) is 5.22 Å². The highest BCUT2D eigenvalue weighted by Crippen LogP contribution is 2.17. The van der Waals surface area contributed by atoms with Gasteiger partial charge in [-0.15, -0.1) is 10.2 Å². The molecule has 0 aliphatic carbocycles. The average molecular weight is 291 g/mol. The van der Waals surface area contributed by atoms with E-state index in [1.54, 1.807) is 0 Å². The van der Waals surface area contributed by atoms with Gasteiger partial charge in [-0.05, 0) is 12.0 Å². The third-order valence-electron chi connectivity index (χ3n) is 2.55. The largest absolute Gasteiger partial charge is 0.416 e. The van der Waals surface area contributed by atoms with Crippen LogP contribution in [0.4, 0.5) is 0 Å². The van der Waals surface area contributed by atoms with Crippen molar-refractivity contribution in [3.8, 4) is 0 Å². The molecule has 6 heteroatoms. The van der Waals surface area contributed by atoms with Crippen molar-refractivity contribution < 1.29 is 9.21 Å². The lowest BCUT2D eigenvalue weighted by Gasteiger charge is -2.00. The molecule has 0 unspecified atom stereocenters. The number of benzene rings is 1. The van der Waals surface area contributed by atoms with Gasteiger partial charge in [-0.25, -0.2) is 0 Å². The van der Waals surface area contributed by atoms with Crippen LogP contribution in [0.25, 0.3) is 0 Å². The van der Waals surface area contributed by atoms with Crippen molar-refractivity contribution in [1.29, 1.82) is 0 Å². The van der Waals surface area contributed by atoms with Crippen LogP contribution in [-0.2, 0) is 11.2 Å². The molecular formula is C14H17N3O2S. The number of carbonyl (C=O) groups is 1. The summed E-state index contributed by atoms with van der Waals surface area (Å²) in [6.45, 7) is 2.71. The summed E-state index contributed by atoms with van der Waals surface area (Å²) in [5.41, 5.74) is 1.12. The van der Waals surface area contributed by atoms with Gasteiger partial charge in [0.15, 0.2) is 0 Å². The SMILES string of the molecule is CCCNC(=O)CSc1nnc(Cc2ccccc2)o1. The highest BCUT2D eigenvalue weighted by atomic mass is 32.2. The molecule has 2 aromatic rings. The van der Waals surface area contributed by atoms with Crippen molar-refractivity contribution in [3.63, 3.8) is 0 Å². The Hall–Kier alpha value is -1.82. The minimum atomic E-state index is -0.0142. The first kappa shape index (κ1) is 14.6. The molecule has 20 heavy (non-hydrogen) atoms. The first-order valence-electron chi connectivity index (χ1n) is 6.53. The van der Waals surface area contributed by atoms with Gasteiger partial charge < -0.3 is 9.73 Å². The molecule has 0 saturated heterocycles. The van der Waals surface area contributed by atoms with Crippen LogP contribution in [0, 0.1) is 0 Å². The topological polar surface area (TPSA) is 68.0 Å². The van der Waals surface area contributed by atoms with Crippen molar-refractivity contribution in [1.82, 2.24) is 15.5 Å². The lowest BCUT2D eigenvalue weighted by molar-refractivity contribution is -0.118. The maximum absolute atomic E-state index is 11.5. The zero-order valence-corrected chi connectivity index (χ0v) is 12.2. The molecule has 1 heterocycles. The molecular weight excluding hydrogens is 274 g/mol. The van der Waals surface area contributed by atoms with E-state index in [2.05, 4.69) is 15.5 Å². The molecule has 2 rings (SSSR count). The van der Waals surface area contributed by atoms with Crippen LogP contribution in [0.2, 0.25) is 0 Å². The van der Waals surface area contributed by atoms with E-state index in [9.17, 15) is 4.79 Å². The molecule has 1 N–H and O–H groups in total. The average Bonchev–Trinajstić information content (AvgIpc) is 2.91. The fraction of sp³-hybridized carbons (Fsp3) is 0.357. The summed E-state index contributed by atoms with van der Waals surface area (Å²) in [6, 6.07) is 9.93. The molecule has 0 aliphatic rings. The molecule has 0 aliphatic heterocycles. The normalized spacial score (nSPS) is 10.4. The molecule has 0 radical (unpaired) electrons. The van der Waals surface area contributed by atoms with E-state index in [1.807, 2.05) is 37.3 Å². The Labute approximate surface area is 122 Å². The summed E-state index contributed by atoms with van der Waals surface area (Å²) < 4.78 is 5.50. The maximum atomic E-state index is 11.5. The molecule has 0 spiro atoms. The Morgan fingerprint density at radius 1 is 1.30 bits per heavy atom. The second-order valence-electron chi connectivity index (χ2n) is 4.26. The standard InChI is InChI=1S/C14H17N3O2S/c1-2-8-15-12(18)10-20-14-17-16-13(19-14)9-11-6-4-3-5-7-11/h3-7H,2,8-10H2,1H3,(H,15,18). The number of rotatable bonds is 7. The fourth-order valence-corrected chi connectivity index (χ4v) is 2.19. The van der Waals surface area contributed by atoms with Crippen LogP contribution in [0.1, 0.15) is 24.8 Å². The number of nitrogens with zero attached hydrogens (tertiary/aromatic N) is 2. The molecule has 1 aromatic carbocycles. The third-order valence-corrected chi connectivity index (χ3v) is 3.36. The summed E-state index contributed by atoms with van der Waals surface area (Å²) in [7, 11) is 0. The smallest absolute Gasteiger partial charge is 0.277 e. The first-order valence-corrected chi connectivity index (χ1v) is 7.52. The van der Waals surface area contributed by atoms with Gasteiger partial charge in [0, 0.05) is 6.54 Å². The highest BCUT2D eigenvalue weighted by molar-refractivity contribution is 7.99. The van der Waals surface area contributed by atoms with Crippen molar-refractivity contribution in [2.45, 2.75) is 25.0 Å². The number of thioether (sulfide) groups is 1. The number of aromatic nitrogens is 2. The van der Waals surface area contributed by atoms with Crippen LogP contribution in [-0.4, -0.2) is 28.4 Å². The zero-order valence-electron chi connectivity index (χ0n) is 11.3. The van der Waals surface area contributed by atoms with Gasteiger partial charge in [-0.2, -0.15) is 0 Å². The van der Waals surface area contributed by atoms with Gasteiger partial charge in [-0.1, -0.05) is 49.0 Å². The predicted octanol–water partition coefficient (Wildman–Crippen LogP) is 2.28. The van der Waals surface area contributed by atoms with E-state index >= 15 is 0 Å². The molecule has 0 saturated carbocycles. The summed E-state index contributed by atoms with van der Waals surface area (Å²) in [5.74, 6) is 0.847. The summed E-state index contributed by atoms with van der Waals surface area (Å²) in [4.78, 5) is 11.5. The maximum Gasteiger partial charge on any atom is 0.277 e. The van der Waals surface area contributed by atoms with Crippen LogP contribution in [0.15, 0.2) is 40.0 Å². The number of hydrogen-bond acceptors (Lipinski definition) is 5. The van der Waals surface area contributed by atoms with E-state index in [0.29, 0.717) is 29.8 Å². The molecule has 1 aromatic heterocycles. The Balaban J connectivity index is 1.82. The van der Waals surface area contributed by atoms with Crippen molar-refractivity contribution in [3.05, 3.63) is 41.8 Å². The van der Waals surface area contributed by atoms with Crippen molar-refractivity contribution in [2.24, 2.45) is 0 Å². The van der Waals surface area contributed by atoms with E-state index in [-0.39, 0.29) is 5.91 Å². The molecule has 0 fully saturated rings. The summed E-state index contributed by atoms with van der Waals surface area (Å²) >= 11 is 1.26. The van der Waals surface area contributed by atoms with Gasteiger partial charge >= 0.3 is 0 Å². The number of nitrogens with one attached hydrogen (secondary N) is 1. The van der Waals surface area contributed by atoms with Crippen LogP contribution in [0.5, 0.6) is 0 Å². The minimum absolute atomic E-state index is 0.0142. The van der Waals surface area contributed by atoms with E-state index in [1.165, 1.54) is 11.8 Å². The van der Waals surface area contributed by atoms with Gasteiger partial charge in [0.05, 0.1) is 12.2 Å². The summed E-state index contributed by atoms with van der Waals surface area (Å²) in [5, 5.41) is 11.1. The lowest BCUT2D eigenvalue weighted by Crippen LogP contribution is -2.25. The van der Waals surface area contributed by atoms with Crippen molar-refractivity contribution >= 4 is 17.7 Å².